The second kappa shape index (κ2) is 4.28. The van der Waals surface area contributed by atoms with Crippen LogP contribution in [0.1, 0.15) is 22.4 Å². The number of aromatic nitrogens is 2. The summed E-state index contributed by atoms with van der Waals surface area (Å²) in [5.74, 6) is 2.31. The van der Waals surface area contributed by atoms with Gasteiger partial charge in [0.1, 0.15) is 5.82 Å². The first-order chi connectivity index (χ1) is 8.65. The van der Waals surface area contributed by atoms with Crippen molar-refractivity contribution in [1.29, 1.82) is 0 Å². The van der Waals surface area contributed by atoms with Crippen molar-refractivity contribution < 1.29 is 0 Å². The molecular formula is C14H14N2OS. The van der Waals surface area contributed by atoms with Gasteiger partial charge in [0.05, 0.1) is 5.69 Å². The lowest BCUT2D eigenvalue weighted by Crippen LogP contribution is -2.15. The van der Waals surface area contributed by atoms with Crippen LogP contribution in [0.3, 0.4) is 0 Å². The molecule has 1 aromatic heterocycles. The number of aryl methyl sites for hydroxylation is 2. The van der Waals surface area contributed by atoms with E-state index in [1.807, 2.05) is 6.07 Å². The predicted molar refractivity (Wildman–Crippen MR) is 74.8 cm³/mol. The molecule has 0 unspecified atom stereocenters. The van der Waals surface area contributed by atoms with Gasteiger partial charge in [-0.05, 0) is 31.0 Å². The summed E-state index contributed by atoms with van der Waals surface area (Å²) >= 11 is 1.74. The fourth-order valence-electron chi connectivity index (χ4n) is 2.09. The molecule has 1 aliphatic heterocycles. The van der Waals surface area contributed by atoms with Crippen molar-refractivity contribution in [2.75, 3.05) is 0 Å². The second-order valence-corrected chi connectivity index (χ2v) is 5.62. The van der Waals surface area contributed by atoms with Crippen LogP contribution in [0, 0.1) is 13.8 Å². The van der Waals surface area contributed by atoms with E-state index in [2.05, 4.69) is 35.9 Å². The maximum atomic E-state index is 11.9. The largest absolute Gasteiger partial charge is 0.306 e. The van der Waals surface area contributed by atoms with Gasteiger partial charge >= 0.3 is 0 Å². The van der Waals surface area contributed by atoms with Crippen molar-refractivity contribution in [3.05, 3.63) is 50.9 Å². The zero-order chi connectivity index (χ0) is 12.7. The first-order valence-corrected chi connectivity index (χ1v) is 7.08. The third-order valence-electron chi connectivity index (χ3n) is 3.37. The number of thioether (sulfide) groups is 1. The molecule has 92 valence electrons. The minimum Gasteiger partial charge on any atom is -0.306 e. The van der Waals surface area contributed by atoms with E-state index in [0.717, 1.165) is 28.3 Å². The Bertz CT molecular complexity index is 676. The molecule has 0 bridgehead atoms. The summed E-state index contributed by atoms with van der Waals surface area (Å²) in [5.41, 5.74) is 5.24. The molecule has 1 N–H and O–H groups in total. The molecular weight excluding hydrogens is 244 g/mol. The van der Waals surface area contributed by atoms with E-state index in [-0.39, 0.29) is 5.56 Å². The zero-order valence-corrected chi connectivity index (χ0v) is 11.2. The number of nitrogens with zero attached hydrogens (tertiary/aromatic N) is 1. The summed E-state index contributed by atoms with van der Waals surface area (Å²) in [4.78, 5) is 19.4. The first kappa shape index (κ1) is 11.5. The Balaban J connectivity index is 2.15. The molecule has 1 aliphatic rings. The number of hydrogen-bond acceptors (Lipinski definition) is 3. The normalized spacial score (nSPS) is 13.7. The van der Waals surface area contributed by atoms with Gasteiger partial charge in [-0.15, -0.1) is 0 Å². The van der Waals surface area contributed by atoms with Gasteiger partial charge in [-0.2, -0.15) is 11.8 Å². The second-order valence-electron chi connectivity index (χ2n) is 4.63. The molecule has 0 amide bonds. The van der Waals surface area contributed by atoms with Crippen LogP contribution in [-0.4, -0.2) is 9.97 Å². The molecule has 3 rings (SSSR count). The van der Waals surface area contributed by atoms with E-state index < -0.39 is 0 Å². The van der Waals surface area contributed by atoms with Crippen molar-refractivity contribution in [2.45, 2.75) is 25.4 Å². The molecule has 1 aromatic carbocycles. The molecule has 2 heterocycles. The highest BCUT2D eigenvalue weighted by Crippen LogP contribution is 2.27. The van der Waals surface area contributed by atoms with Crippen LogP contribution in [0.5, 0.6) is 0 Å². The van der Waals surface area contributed by atoms with E-state index in [4.69, 9.17) is 0 Å². The summed E-state index contributed by atoms with van der Waals surface area (Å²) < 4.78 is 0. The number of aromatic amines is 1. The first-order valence-electron chi connectivity index (χ1n) is 5.92. The van der Waals surface area contributed by atoms with Crippen molar-refractivity contribution in [1.82, 2.24) is 9.97 Å². The monoisotopic (exact) mass is 258 g/mol. The Labute approximate surface area is 110 Å². The number of rotatable bonds is 1. The van der Waals surface area contributed by atoms with E-state index >= 15 is 0 Å². The summed E-state index contributed by atoms with van der Waals surface area (Å²) in [7, 11) is 0. The van der Waals surface area contributed by atoms with Crippen LogP contribution in [0.4, 0.5) is 0 Å². The van der Waals surface area contributed by atoms with Crippen LogP contribution in [0.2, 0.25) is 0 Å². The zero-order valence-electron chi connectivity index (χ0n) is 10.4. The predicted octanol–water partition coefficient (Wildman–Crippen LogP) is 2.80. The molecule has 3 nitrogen and oxygen atoms in total. The van der Waals surface area contributed by atoms with Gasteiger partial charge in [-0.1, -0.05) is 12.1 Å². The highest BCUT2D eigenvalue weighted by Gasteiger charge is 2.18. The molecule has 0 saturated carbocycles. The van der Waals surface area contributed by atoms with Gasteiger partial charge in [-0.3, -0.25) is 4.79 Å². The summed E-state index contributed by atoms with van der Waals surface area (Å²) in [6.07, 6.45) is 0. The molecule has 0 radical (unpaired) electrons. The summed E-state index contributed by atoms with van der Waals surface area (Å²) in [6, 6.07) is 6.14. The highest BCUT2D eigenvalue weighted by atomic mass is 32.2. The Hall–Kier alpha value is -1.55. The van der Waals surface area contributed by atoms with Crippen molar-refractivity contribution in [3.8, 4) is 11.4 Å². The van der Waals surface area contributed by atoms with Gasteiger partial charge in [-0.25, -0.2) is 4.98 Å². The van der Waals surface area contributed by atoms with Crippen LogP contribution < -0.4 is 5.56 Å². The SMILES string of the molecule is Cc1ccc(-c2nc3c(c(=O)[nH]2)CSC3)cc1C. The number of nitrogens with one attached hydrogen (secondary N) is 1. The van der Waals surface area contributed by atoms with Crippen LogP contribution in [0.15, 0.2) is 23.0 Å². The lowest BCUT2D eigenvalue weighted by molar-refractivity contribution is 1.03. The van der Waals surface area contributed by atoms with Gasteiger partial charge in [0.25, 0.3) is 5.56 Å². The average molecular weight is 258 g/mol. The maximum absolute atomic E-state index is 11.9. The molecule has 0 spiro atoms. The smallest absolute Gasteiger partial charge is 0.255 e. The highest BCUT2D eigenvalue weighted by molar-refractivity contribution is 7.98. The molecule has 0 fully saturated rings. The third-order valence-corrected chi connectivity index (χ3v) is 4.34. The van der Waals surface area contributed by atoms with E-state index in [1.165, 1.54) is 11.1 Å². The van der Waals surface area contributed by atoms with Gasteiger partial charge < -0.3 is 4.98 Å². The van der Waals surface area contributed by atoms with Crippen LogP contribution in [-0.2, 0) is 11.5 Å². The van der Waals surface area contributed by atoms with Gasteiger partial charge in [0.2, 0.25) is 0 Å². The molecule has 18 heavy (non-hydrogen) atoms. The molecule has 2 aromatic rings. The maximum Gasteiger partial charge on any atom is 0.255 e. The molecule has 0 atom stereocenters. The number of hydrogen-bond donors (Lipinski definition) is 1. The number of benzene rings is 1. The molecule has 0 aliphatic carbocycles. The van der Waals surface area contributed by atoms with Crippen molar-refractivity contribution in [2.24, 2.45) is 0 Å². The Kier molecular flexibility index (Phi) is 2.74. The van der Waals surface area contributed by atoms with Crippen molar-refractivity contribution >= 4 is 11.8 Å². The molecule has 0 saturated heterocycles. The lowest BCUT2D eigenvalue weighted by Gasteiger charge is -2.06. The van der Waals surface area contributed by atoms with Gasteiger partial charge in [0, 0.05) is 22.6 Å². The fourth-order valence-corrected chi connectivity index (χ4v) is 3.12. The quantitative estimate of drug-likeness (QED) is 0.855. The Morgan fingerprint density at radius 2 is 2.06 bits per heavy atom. The van der Waals surface area contributed by atoms with Crippen LogP contribution in [0.25, 0.3) is 11.4 Å². The summed E-state index contributed by atoms with van der Waals surface area (Å²) in [6.45, 7) is 4.15. The molecule has 4 heteroatoms. The fraction of sp³-hybridized carbons (Fsp3) is 0.286. The number of H-pyrrole nitrogens is 1. The minimum absolute atomic E-state index is 0.0122. The topological polar surface area (TPSA) is 45.8 Å². The van der Waals surface area contributed by atoms with E-state index in [9.17, 15) is 4.79 Å². The van der Waals surface area contributed by atoms with Crippen molar-refractivity contribution in [3.63, 3.8) is 0 Å². The van der Waals surface area contributed by atoms with E-state index in [0.29, 0.717) is 5.82 Å². The average Bonchev–Trinajstić information content (AvgIpc) is 2.81. The minimum atomic E-state index is 0.0122. The van der Waals surface area contributed by atoms with Crippen LogP contribution >= 0.6 is 11.8 Å². The Morgan fingerprint density at radius 1 is 1.22 bits per heavy atom. The standard InChI is InChI=1S/C14H14N2OS/c1-8-3-4-10(5-9(8)2)13-15-12-7-18-6-11(12)14(17)16-13/h3-5H,6-7H2,1-2H3,(H,15,16,17). The third kappa shape index (κ3) is 1.86. The lowest BCUT2D eigenvalue weighted by atomic mass is 10.1. The number of fused-ring (bicyclic) bond motifs is 1. The Morgan fingerprint density at radius 3 is 2.83 bits per heavy atom. The summed E-state index contributed by atoms with van der Waals surface area (Å²) in [5, 5.41) is 0. The van der Waals surface area contributed by atoms with Gasteiger partial charge in [0.15, 0.2) is 0 Å². The van der Waals surface area contributed by atoms with E-state index in [1.54, 1.807) is 11.8 Å².